The first-order valence-corrected chi connectivity index (χ1v) is 7.23. The maximum atomic E-state index is 5.68. The molecule has 0 radical (unpaired) electrons. The molecule has 3 heteroatoms. The van der Waals surface area contributed by atoms with Gasteiger partial charge in [-0.05, 0) is 44.7 Å². The molecule has 2 rings (SSSR count). The van der Waals surface area contributed by atoms with Gasteiger partial charge in [-0.3, -0.25) is 4.90 Å². The summed E-state index contributed by atoms with van der Waals surface area (Å²) in [6, 6.07) is 1.21. The highest BCUT2D eigenvalue weighted by Gasteiger charge is 2.40. The van der Waals surface area contributed by atoms with Gasteiger partial charge in [-0.15, -0.1) is 0 Å². The highest BCUT2D eigenvalue weighted by Crippen LogP contribution is 2.38. The lowest BCUT2D eigenvalue weighted by atomic mass is 9.82. The highest BCUT2D eigenvalue weighted by atomic mass is 16.5. The van der Waals surface area contributed by atoms with Crippen molar-refractivity contribution in [2.45, 2.75) is 51.6 Å². The molecular formula is C14H28N2O. The number of likely N-dealkylation sites (N-methyl/N-ethyl adjacent to an activating group) is 1. The van der Waals surface area contributed by atoms with E-state index in [-0.39, 0.29) is 0 Å². The molecule has 3 nitrogen and oxygen atoms in total. The Morgan fingerprint density at radius 2 is 2.12 bits per heavy atom. The molecule has 100 valence electrons. The second kappa shape index (κ2) is 5.68. The smallest absolute Gasteiger partial charge is 0.0637 e. The predicted octanol–water partition coefficient (Wildman–Crippen LogP) is 1.88. The predicted molar refractivity (Wildman–Crippen MR) is 71.3 cm³/mol. The van der Waals surface area contributed by atoms with Crippen LogP contribution in [0.4, 0.5) is 0 Å². The summed E-state index contributed by atoms with van der Waals surface area (Å²) in [6.45, 7) is 9.05. The van der Waals surface area contributed by atoms with E-state index < -0.39 is 0 Å². The largest absolute Gasteiger partial charge is 0.380 e. The van der Waals surface area contributed by atoms with Crippen molar-refractivity contribution in [3.63, 3.8) is 0 Å². The number of likely N-dealkylation sites (tertiary alicyclic amines) is 1. The molecule has 2 aliphatic heterocycles. The minimum absolute atomic E-state index is 0.579. The van der Waals surface area contributed by atoms with E-state index in [1.165, 1.54) is 32.4 Å². The van der Waals surface area contributed by atoms with E-state index in [0.717, 1.165) is 19.6 Å². The van der Waals surface area contributed by atoms with Gasteiger partial charge in [-0.25, -0.2) is 0 Å². The van der Waals surface area contributed by atoms with E-state index >= 15 is 0 Å². The van der Waals surface area contributed by atoms with Gasteiger partial charge in [0.2, 0.25) is 0 Å². The van der Waals surface area contributed by atoms with Crippen molar-refractivity contribution in [3.05, 3.63) is 0 Å². The zero-order valence-corrected chi connectivity index (χ0v) is 11.7. The number of rotatable bonds is 4. The number of ether oxygens (including phenoxy) is 1. The standard InChI is InChI=1S/C14H28N2O/c1-4-14(5-2)7-8-16(11-14)13-10-17-9-6-12(13)15-3/h12-13,15H,4-11H2,1-3H3. The average molecular weight is 240 g/mol. The van der Waals surface area contributed by atoms with Gasteiger partial charge in [0.05, 0.1) is 6.61 Å². The summed E-state index contributed by atoms with van der Waals surface area (Å²) in [4.78, 5) is 2.67. The molecule has 2 unspecified atom stereocenters. The Bertz CT molecular complexity index is 240. The van der Waals surface area contributed by atoms with Crippen molar-refractivity contribution in [3.8, 4) is 0 Å². The second-order valence-electron chi connectivity index (χ2n) is 5.75. The Balaban J connectivity index is 1.98. The summed E-state index contributed by atoms with van der Waals surface area (Å²) in [5, 5.41) is 3.47. The molecule has 0 aliphatic carbocycles. The van der Waals surface area contributed by atoms with Crippen LogP contribution in [0.2, 0.25) is 0 Å². The van der Waals surface area contributed by atoms with Crippen molar-refractivity contribution in [2.24, 2.45) is 5.41 Å². The normalized spacial score (nSPS) is 34.1. The van der Waals surface area contributed by atoms with Crippen molar-refractivity contribution in [1.82, 2.24) is 10.2 Å². The number of nitrogens with one attached hydrogen (secondary N) is 1. The van der Waals surface area contributed by atoms with E-state index in [1.54, 1.807) is 0 Å². The Morgan fingerprint density at radius 1 is 1.35 bits per heavy atom. The fourth-order valence-electron chi connectivity index (χ4n) is 3.50. The lowest BCUT2D eigenvalue weighted by Crippen LogP contribution is -2.54. The Labute approximate surface area is 106 Å². The molecule has 0 spiro atoms. The molecule has 2 atom stereocenters. The SMILES string of the molecule is CCC1(CC)CCN(C2COCCC2NC)C1. The third-order valence-electron chi connectivity index (χ3n) is 5.13. The van der Waals surface area contributed by atoms with E-state index in [2.05, 4.69) is 31.1 Å². The summed E-state index contributed by atoms with van der Waals surface area (Å²) in [5.41, 5.74) is 0.579. The van der Waals surface area contributed by atoms with Gasteiger partial charge in [0.1, 0.15) is 0 Å². The summed E-state index contributed by atoms with van der Waals surface area (Å²) in [6.07, 6.45) is 5.16. The van der Waals surface area contributed by atoms with Crippen molar-refractivity contribution in [1.29, 1.82) is 0 Å². The average Bonchev–Trinajstić information content (AvgIpc) is 2.83. The Morgan fingerprint density at radius 3 is 2.71 bits per heavy atom. The molecule has 0 bridgehead atoms. The molecule has 2 fully saturated rings. The van der Waals surface area contributed by atoms with Gasteiger partial charge in [0.25, 0.3) is 0 Å². The molecule has 0 aromatic rings. The first kappa shape index (κ1) is 13.3. The number of hydrogen-bond donors (Lipinski definition) is 1. The lowest BCUT2D eigenvalue weighted by molar-refractivity contribution is 0.00270. The van der Waals surface area contributed by atoms with Crippen molar-refractivity contribution in [2.75, 3.05) is 33.4 Å². The quantitative estimate of drug-likeness (QED) is 0.812. The van der Waals surface area contributed by atoms with Crippen LogP contribution in [-0.4, -0.2) is 50.3 Å². The van der Waals surface area contributed by atoms with Gasteiger partial charge in [-0.2, -0.15) is 0 Å². The first-order chi connectivity index (χ1) is 8.24. The molecule has 2 saturated heterocycles. The summed E-state index contributed by atoms with van der Waals surface area (Å²) in [5.74, 6) is 0. The molecule has 0 aromatic heterocycles. The minimum atomic E-state index is 0.579. The molecule has 17 heavy (non-hydrogen) atoms. The van der Waals surface area contributed by atoms with Crippen LogP contribution in [0.3, 0.4) is 0 Å². The minimum Gasteiger partial charge on any atom is -0.380 e. The van der Waals surface area contributed by atoms with Crippen LogP contribution >= 0.6 is 0 Å². The Kier molecular flexibility index (Phi) is 4.45. The van der Waals surface area contributed by atoms with Crippen LogP contribution in [0, 0.1) is 5.41 Å². The monoisotopic (exact) mass is 240 g/mol. The van der Waals surface area contributed by atoms with Gasteiger partial charge >= 0.3 is 0 Å². The van der Waals surface area contributed by atoms with E-state index in [1.807, 2.05) is 0 Å². The van der Waals surface area contributed by atoms with Gasteiger partial charge in [0, 0.05) is 25.2 Å². The van der Waals surface area contributed by atoms with Crippen LogP contribution in [0.1, 0.15) is 39.5 Å². The summed E-state index contributed by atoms with van der Waals surface area (Å²) in [7, 11) is 2.09. The highest BCUT2D eigenvalue weighted by molar-refractivity contribution is 4.95. The first-order valence-electron chi connectivity index (χ1n) is 7.23. The van der Waals surface area contributed by atoms with E-state index in [0.29, 0.717) is 17.5 Å². The van der Waals surface area contributed by atoms with Gasteiger partial charge in [0.15, 0.2) is 0 Å². The van der Waals surface area contributed by atoms with E-state index in [4.69, 9.17) is 4.74 Å². The lowest BCUT2D eigenvalue weighted by Gasteiger charge is -2.38. The van der Waals surface area contributed by atoms with Crippen LogP contribution in [0.25, 0.3) is 0 Å². The third kappa shape index (κ3) is 2.67. The summed E-state index contributed by atoms with van der Waals surface area (Å²) < 4.78 is 5.68. The third-order valence-corrected chi connectivity index (χ3v) is 5.13. The maximum Gasteiger partial charge on any atom is 0.0637 e. The number of hydrogen-bond acceptors (Lipinski definition) is 3. The molecule has 0 saturated carbocycles. The fraction of sp³-hybridized carbons (Fsp3) is 1.00. The van der Waals surface area contributed by atoms with Gasteiger partial charge in [-0.1, -0.05) is 13.8 Å². The Hall–Kier alpha value is -0.120. The van der Waals surface area contributed by atoms with Crippen LogP contribution in [0.15, 0.2) is 0 Å². The second-order valence-corrected chi connectivity index (χ2v) is 5.75. The zero-order valence-electron chi connectivity index (χ0n) is 11.7. The fourth-order valence-corrected chi connectivity index (χ4v) is 3.50. The molecular weight excluding hydrogens is 212 g/mol. The zero-order chi connectivity index (χ0) is 12.3. The van der Waals surface area contributed by atoms with Gasteiger partial charge < -0.3 is 10.1 Å². The molecule has 2 heterocycles. The number of nitrogens with zero attached hydrogens (tertiary/aromatic N) is 1. The van der Waals surface area contributed by atoms with Crippen LogP contribution in [-0.2, 0) is 4.74 Å². The molecule has 1 N–H and O–H groups in total. The molecule has 2 aliphatic rings. The van der Waals surface area contributed by atoms with Crippen LogP contribution in [0.5, 0.6) is 0 Å². The van der Waals surface area contributed by atoms with Crippen molar-refractivity contribution < 1.29 is 4.74 Å². The topological polar surface area (TPSA) is 24.5 Å². The van der Waals surface area contributed by atoms with Crippen LogP contribution < -0.4 is 5.32 Å². The molecule has 0 amide bonds. The maximum absolute atomic E-state index is 5.68. The molecule has 0 aromatic carbocycles. The van der Waals surface area contributed by atoms with E-state index in [9.17, 15) is 0 Å². The summed E-state index contributed by atoms with van der Waals surface area (Å²) >= 11 is 0. The van der Waals surface area contributed by atoms with Crippen molar-refractivity contribution >= 4 is 0 Å².